The Morgan fingerprint density at radius 3 is 2.22 bits per heavy atom. The Morgan fingerprint density at radius 2 is 2.11 bits per heavy atom. The maximum atomic E-state index is 5.51. The molecule has 0 amide bonds. The molecule has 0 aliphatic carbocycles. The molecule has 0 aliphatic rings. The SMILES string of the molecule is CC(Cl)COP(=S)(Cl)Cl. The van der Waals surface area contributed by atoms with Crippen LogP contribution in [-0.2, 0) is 16.3 Å². The van der Waals surface area contributed by atoms with Crippen LogP contribution in [0.25, 0.3) is 0 Å². The molecule has 9 heavy (non-hydrogen) atoms. The van der Waals surface area contributed by atoms with Crippen molar-refractivity contribution in [1.29, 1.82) is 0 Å². The molecule has 1 atom stereocenters. The van der Waals surface area contributed by atoms with E-state index in [1.54, 1.807) is 6.92 Å². The van der Waals surface area contributed by atoms with Gasteiger partial charge in [-0.15, -0.1) is 11.6 Å². The third-order valence-electron chi connectivity index (χ3n) is 0.454. The predicted octanol–water partition coefficient (Wildman–Crippen LogP) is 3.33. The van der Waals surface area contributed by atoms with Crippen molar-refractivity contribution in [3.8, 4) is 0 Å². The van der Waals surface area contributed by atoms with E-state index in [1.165, 1.54) is 0 Å². The molecule has 0 aromatic heterocycles. The summed E-state index contributed by atoms with van der Waals surface area (Å²) in [6.45, 7) is 2.09. The molecule has 0 radical (unpaired) electrons. The van der Waals surface area contributed by atoms with Gasteiger partial charge in [-0.2, -0.15) is 0 Å². The van der Waals surface area contributed by atoms with Gasteiger partial charge in [0.15, 0.2) is 0 Å². The predicted molar refractivity (Wildman–Crippen MR) is 47.3 cm³/mol. The van der Waals surface area contributed by atoms with Gasteiger partial charge in [0.05, 0.1) is 12.0 Å². The fraction of sp³-hybridized carbons (Fsp3) is 1.00. The molecule has 0 rings (SSSR count). The fourth-order valence-electron chi connectivity index (χ4n) is 0.189. The van der Waals surface area contributed by atoms with Crippen LogP contribution in [0, 0.1) is 0 Å². The van der Waals surface area contributed by atoms with Gasteiger partial charge in [0.2, 0.25) is 4.97 Å². The van der Waals surface area contributed by atoms with E-state index in [0.29, 0.717) is 6.61 Å². The van der Waals surface area contributed by atoms with Crippen LogP contribution in [0.15, 0.2) is 0 Å². The summed E-state index contributed by atoms with van der Waals surface area (Å²) in [5.41, 5.74) is 0. The molecular formula is C3H6Cl3OPS. The average molecular weight is 227 g/mol. The number of hydrogen-bond acceptors (Lipinski definition) is 2. The maximum absolute atomic E-state index is 5.51. The Labute approximate surface area is 74.3 Å². The molecule has 0 aromatic rings. The lowest BCUT2D eigenvalue weighted by Crippen LogP contribution is -1.99. The van der Waals surface area contributed by atoms with E-state index in [9.17, 15) is 0 Å². The molecule has 0 fully saturated rings. The quantitative estimate of drug-likeness (QED) is 0.540. The summed E-state index contributed by atoms with van der Waals surface area (Å²) in [7, 11) is 0. The fourth-order valence-corrected chi connectivity index (χ4v) is 1.26. The van der Waals surface area contributed by atoms with Gasteiger partial charge in [0.25, 0.3) is 0 Å². The Kier molecular flexibility index (Phi) is 5.10. The second-order valence-electron chi connectivity index (χ2n) is 1.49. The lowest BCUT2D eigenvalue weighted by atomic mass is 10.5. The second kappa shape index (κ2) is 4.38. The molecule has 0 aliphatic heterocycles. The highest BCUT2D eigenvalue weighted by Crippen LogP contribution is 2.58. The minimum Gasteiger partial charge on any atom is -0.325 e. The van der Waals surface area contributed by atoms with Crippen LogP contribution in [0.1, 0.15) is 6.92 Å². The van der Waals surface area contributed by atoms with E-state index in [1.807, 2.05) is 0 Å². The molecular weight excluding hydrogens is 221 g/mol. The van der Waals surface area contributed by atoms with Crippen molar-refractivity contribution in [3.63, 3.8) is 0 Å². The van der Waals surface area contributed by atoms with Crippen LogP contribution in [0.3, 0.4) is 0 Å². The first-order chi connectivity index (χ1) is 3.92. The van der Waals surface area contributed by atoms with Crippen molar-refractivity contribution in [2.45, 2.75) is 12.3 Å². The van der Waals surface area contributed by atoms with Crippen LogP contribution in [0.5, 0.6) is 0 Å². The summed E-state index contributed by atoms with van der Waals surface area (Å²) in [5, 5.41) is -0.0928. The maximum Gasteiger partial charge on any atom is 0.240 e. The van der Waals surface area contributed by atoms with Crippen molar-refractivity contribution < 1.29 is 4.52 Å². The first-order valence-electron chi connectivity index (χ1n) is 2.20. The monoisotopic (exact) mass is 226 g/mol. The van der Waals surface area contributed by atoms with Gasteiger partial charge in [-0.25, -0.2) is 0 Å². The molecule has 0 spiro atoms. The molecule has 0 saturated carbocycles. The van der Waals surface area contributed by atoms with Crippen LogP contribution < -0.4 is 0 Å². The van der Waals surface area contributed by atoms with Gasteiger partial charge in [0, 0.05) is 0 Å². The van der Waals surface area contributed by atoms with Gasteiger partial charge in [0.1, 0.15) is 0 Å². The molecule has 0 aromatic carbocycles. The first-order valence-corrected chi connectivity index (χ1v) is 7.16. The number of rotatable bonds is 3. The van der Waals surface area contributed by atoms with Crippen LogP contribution in [0.2, 0.25) is 0 Å². The Morgan fingerprint density at radius 1 is 1.67 bits per heavy atom. The van der Waals surface area contributed by atoms with E-state index in [2.05, 4.69) is 11.8 Å². The lowest BCUT2D eigenvalue weighted by Gasteiger charge is -2.06. The Hall–Kier alpha value is 1.48. The zero-order valence-corrected chi connectivity index (χ0v) is 8.66. The van der Waals surface area contributed by atoms with Gasteiger partial charge in [-0.05, 0) is 41.2 Å². The Bertz CT molecular complexity index is 122. The largest absolute Gasteiger partial charge is 0.325 e. The summed E-state index contributed by atoms with van der Waals surface area (Å²) in [4.78, 5) is -2.53. The highest BCUT2D eigenvalue weighted by atomic mass is 35.9. The number of alkyl halides is 1. The molecule has 6 heteroatoms. The van der Waals surface area contributed by atoms with Gasteiger partial charge >= 0.3 is 0 Å². The van der Waals surface area contributed by atoms with Crippen molar-refractivity contribution >= 4 is 50.9 Å². The molecule has 0 N–H and O–H groups in total. The van der Waals surface area contributed by atoms with Gasteiger partial charge in [-0.3, -0.25) is 0 Å². The zero-order chi connectivity index (χ0) is 7.49. The molecule has 0 saturated heterocycles. The lowest BCUT2D eigenvalue weighted by molar-refractivity contribution is 0.367. The zero-order valence-electron chi connectivity index (χ0n) is 4.68. The second-order valence-corrected chi connectivity index (χ2v) is 9.44. The molecule has 56 valence electrons. The van der Waals surface area contributed by atoms with E-state index in [-0.39, 0.29) is 5.38 Å². The van der Waals surface area contributed by atoms with Crippen LogP contribution >= 0.6 is 39.1 Å². The van der Waals surface area contributed by atoms with E-state index in [0.717, 1.165) is 0 Å². The number of halogens is 3. The first kappa shape index (κ1) is 10.5. The average Bonchev–Trinajstić information content (AvgIpc) is 1.59. The third-order valence-corrected chi connectivity index (χ3v) is 1.93. The Balaban J connectivity index is 3.40. The normalized spacial score (nSPS) is 15.6. The van der Waals surface area contributed by atoms with Gasteiger partial charge < -0.3 is 4.52 Å². The minimum atomic E-state index is -2.53. The summed E-state index contributed by atoms with van der Waals surface area (Å²) in [6, 6.07) is 0. The van der Waals surface area contributed by atoms with E-state index >= 15 is 0 Å². The smallest absolute Gasteiger partial charge is 0.240 e. The van der Waals surface area contributed by atoms with Crippen molar-refractivity contribution in [2.24, 2.45) is 0 Å². The minimum absolute atomic E-state index is 0.0928. The summed E-state index contributed by atoms with van der Waals surface area (Å²) < 4.78 is 4.82. The van der Waals surface area contributed by atoms with Crippen molar-refractivity contribution in [1.82, 2.24) is 0 Å². The van der Waals surface area contributed by atoms with E-state index < -0.39 is 4.97 Å². The van der Waals surface area contributed by atoms with Gasteiger partial charge in [-0.1, -0.05) is 0 Å². The number of hydrogen-bond donors (Lipinski definition) is 0. The molecule has 0 heterocycles. The van der Waals surface area contributed by atoms with Crippen molar-refractivity contribution in [2.75, 3.05) is 6.61 Å². The van der Waals surface area contributed by atoms with Crippen LogP contribution in [-0.4, -0.2) is 12.0 Å². The highest BCUT2D eigenvalue weighted by Gasteiger charge is 2.09. The topological polar surface area (TPSA) is 9.23 Å². The third kappa shape index (κ3) is 9.48. The molecule has 1 nitrogen and oxygen atoms in total. The summed E-state index contributed by atoms with van der Waals surface area (Å²) in [5.74, 6) is 0. The van der Waals surface area contributed by atoms with Crippen LogP contribution in [0.4, 0.5) is 0 Å². The summed E-state index contributed by atoms with van der Waals surface area (Å²) >= 11 is 20.9. The highest BCUT2D eigenvalue weighted by molar-refractivity contribution is 8.36. The van der Waals surface area contributed by atoms with E-state index in [4.69, 9.17) is 38.6 Å². The summed E-state index contributed by atoms with van der Waals surface area (Å²) in [6.07, 6.45) is 0. The standard InChI is InChI=1S/C3H6Cl3OPS/c1-3(4)2-7-8(5,6)9/h3H,2H2,1H3. The molecule has 0 bridgehead atoms. The van der Waals surface area contributed by atoms with Crippen molar-refractivity contribution in [3.05, 3.63) is 0 Å². The molecule has 1 unspecified atom stereocenters.